The molecular formula is C13H7ClF3N3O4. The molecule has 1 aliphatic rings. The standard InChI is InChI=1S/C13H7ClF3N3O4/c1-5-10(19-8(4-18-5)13(15,16)17)11(21)6-2-3-7(20(23)24)12(22)9(6)14/h2-4,9H,1H3. The Morgan fingerprint density at radius 1 is 1.38 bits per heavy atom. The van der Waals surface area contributed by atoms with Crippen LogP contribution < -0.4 is 0 Å². The van der Waals surface area contributed by atoms with Gasteiger partial charge in [-0.15, -0.1) is 11.6 Å². The quantitative estimate of drug-likeness (QED) is 0.354. The minimum absolute atomic E-state index is 0.103. The van der Waals surface area contributed by atoms with E-state index >= 15 is 0 Å². The highest BCUT2D eigenvalue weighted by Crippen LogP contribution is 2.29. The van der Waals surface area contributed by atoms with Crippen LogP contribution in [-0.2, 0) is 11.0 Å². The Hall–Kier alpha value is -2.62. The molecule has 0 aliphatic heterocycles. The van der Waals surface area contributed by atoms with E-state index in [1.54, 1.807) is 0 Å². The Morgan fingerprint density at radius 3 is 2.54 bits per heavy atom. The summed E-state index contributed by atoms with van der Waals surface area (Å²) in [6, 6.07) is 0. The first-order valence-corrected chi connectivity index (χ1v) is 6.67. The van der Waals surface area contributed by atoms with E-state index in [4.69, 9.17) is 11.6 Å². The predicted octanol–water partition coefficient (Wildman–Crippen LogP) is 2.26. The summed E-state index contributed by atoms with van der Waals surface area (Å²) < 4.78 is 38.1. The second kappa shape index (κ2) is 6.11. The summed E-state index contributed by atoms with van der Waals surface area (Å²) in [5, 5.41) is 8.97. The van der Waals surface area contributed by atoms with Crippen LogP contribution in [-0.4, -0.2) is 31.8 Å². The topological polar surface area (TPSA) is 103 Å². The molecule has 0 amide bonds. The number of halogens is 4. The first kappa shape index (κ1) is 17.7. The van der Waals surface area contributed by atoms with Crippen molar-refractivity contribution in [2.75, 3.05) is 0 Å². The lowest BCUT2D eigenvalue weighted by Crippen LogP contribution is -2.30. The third-order valence-corrected chi connectivity index (χ3v) is 3.53. The molecule has 1 aromatic heterocycles. The maximum Gasteiger partial charge on any atom is 0.434 e. The first-order valence-electron chi connectivity index (χ1n) is 6.24. The van der Waals surface area contributed by atoms with Crippen LogP contribution in [0.4, 0.5) is 13.2 Å². The molecule has 0 saturated heterocycles. The van der Waals surface area contributed by atoms with E-state index in [9.17, 15) is 32.9 Å². The third-order valence-electron chi connectivity index (χ3n) is 3.10. The summed E-state index contributed by atoms with van der Waals surface area (Å²) in [6.45, 7) is 1.26. The van der Waals surface area contributed by atoms with Crippen LogP contribution in [0.15, 0.2) is 29.6 Å². The molecule has 0 aromatic carbocycles. The molecule has 0 radical (unpaired) electrons. The van der Waals surface area contributed by atoms with Gasteiger partial charge in [0.2, 0.25) is 5.78 Å². The highest BCUT2D eigenvalue weighted by atomic mass is 35.5. The largest absolute Gasteiger partial charge is 0.434 e. The number of hydrogen-bond donors (Lipinski definition) is 0. The van der Waals surface area contributed by atoms with Crippen LogP contribution in [0.25, 0.3) is 0 Å². The number of rotatable bonds is 3. The molecule has 0 fully saturated rings. The van der Waals surface area contributed by atoms with Gasteiger partial charge in [-0.2, -0.15) is 13.2 Å². The van der Waals surface area contributed by atoms with E-state index in [1.165, 1.54) is 6.92 Å². The van der Waals surface area contributed by atoms with Crippen molar-refractivity contribution >= 4 is 23.2 Å². The van der Waals surface area contributed by atoms with Gasteiger partial charge in [-0.1, -0.05) is 0 Å². The van der Waals surface area contributed by atoms with Crippen molar-refractivity contribution in [1.82, 2.24) is 9.97 Å². The molecule has 24 heavy (non-hydrogen) atoms. The van der Waals surface area contributed by atoms with Gasteiger partial charge in [0.1, 0.15) is 11.1 Å². The van der Waals surface area contributed by atoms with E-state index in [2.05, 4.69) is 9.97 Å². The SMILES string of the molecule is Cc1ncc(C(F)(F)F)nc1C(=O)C1=CC=C([N+](=O)[O-])C(=O)C1Cl. The number of carbonyl (C=O) groups is 2. The Bertz CT molecular complexity index is 817. The average Bonchev–Trinajstić information content (AvgIpc) is 2.48. The van der Waals surface area contributed by atoms with Gasteiger partial charge >= 0.3 is 11.9 Å². The highest BCUT2D eigenvalue weighted by molar-refractivity contribution is 6.39. The minimum Gasteiger partial charge on any atom is -0.287 e. The summed E-state index contributed by atoms with van der Waals surface area (Å²) >= 11 is 5.74. The zero-order valence-corrected chi connectivity index (χ0v) is 12.6. The molecule has 11 heteroatoms. The number of carbonyl (C=O) groups excluding carboxylic acids is 2. The van der Waals surface area contributed by atoms with Crippen LogP contribution >= 0.6 is 11.6 Å². The Labute approximate surface area is 137 Å². The molecule has 0 N–H and O–H groups in total. The lowest BCUT2D eigenvalue weighted by Gasteiger charge is -2.15. The van der Waals surface area contributed by atoms with Gasteiger partial charge in [0.15, 0.2) is 5.69 Å². The lowest BCUT2D eigenvalue weighted by atomic mass is 9.95. The van der Waals surface area contributed by atoms with Crippen molar-refractivity contribution in [1.29, 1.82) is 0 Å². The Balaban J connectivity index is 2.50. The molecule has 1 aromatic rings. The normalized spacial score (nSPS) is 18.0. The van der Waals surface area contributed by atoms with Crippen LogP contribution in [0.2, 0.25) is 0 Å². The van der Waals surface area contributed by atoms with Gasteiger partial charge in [0.25, 0.3) is 5.78 Å². The van der Waals surface area contributed by atoms with Gasteiger partial charge in [-0.25, -0.2) is 4.98 Å². The van der Waals surface area contributed by atoms with Crippen molar-refractivity contribution in [3.63, 3.8) is 0 Å². The van der Waals surface area contributed by atoms with Crippen LogP contribution in [0, 0.1) is 17.0 Å². The van der Waals surface area contributed by atoms with Crippen molar-refractivity contribution in [3.05, 3.63) is 56.8 Å². The second-order valence-electron chi connectivity index (χ2n) is 4.67. The van der Waals surface area contributed by atoms with Gasteiger partial charge in [-0.05, 0) is 13.0 Å². The van der Waals surface area contributed by atoms with Crippen molar-refractivity contribution in [2.45, 2.75) is 18.5 Å². The smallest absolute Gasteiger partial charge is 0.287 e. The number of alkyl halides is 4. The molecule has 126 valence electrons. The average molecular weight is 362 g/mol. The number of aromatic nitrogens is 2. The molecule has 7 nitrogen and oxygen atoms in total. The summed E-state index contributed by atoms with van der Waals surface area (Å²) in [6.07, 6.45) is -2.66. The van der Waals surface area contributed by atoms with Crippen molar-refractivity contribution < 1.29 is 27.7 Å². The molecule has 1 unspecified atom stereocenters. The lowest BCUT2D eigenvalue weighted by molar-refractivity contribution is -0.418. The fourth-order valence-corrected chi connectivity index (χ4v) is 2.17. The number of nitrogens with zero attached hydrogens (tertiary/aromatic N) is 3. The highest BCUT2D eigenvalue weighted by Gasteiger charge is 2.39. The number of allylic oxidation sites excluding steroid dienone is 4. The van der Waals surface area contributed by atoms with E-state index in [0.29, 0.717) is 6.20 Å². The van der Waals surface area contributed by atoms with E-state index < -0.39 is 50.7 Å². The number of ketones is 2. The fourth-order valence-electron chi connectivity index (χ4n) is 1.89. The molecule has 2 rings (SSSR count). The van der Waals surface area contributed by atoms with Gasteiger partial charge in [0, 0.05) is 11.6 Å². The zero-order valence-electron chi connectivity index (χ0n) is 11.8. The van der Waals surface area contributed by atoms with Gasteiger partial charge < -0.3 is 0 Å². The summed E-state index contributed by atoms with van der Waals surface area (Å²) in [7, 11) is 0. The number of hydrogen-bond acceptors (Lipinski definition) is 6. The van der Waals surface area contributed by atoms with Crippen molar-refractivity contribution in [2.24, 2.45) is 0 Å². The maximum absolute atomic E-state index is 12.7. The summed E-state index contributed by atoms with van der Waals surface area (Å²) in [5.74, 6) is -2.19. The second-order valence-corrected chi connectivity index (χ2v) is 5.11. The minimum atomic E-state index is -4.81. The van der Waals surface area contributed by atoms with Crippen LogP contribution in [0.1, 0.15) is 21.9 Å². The fraction of sp³-hybridized carbons (Fsp3) is 0.231. The molecular weight excluding hydrogens is 355 g/mol. The number of Topliss-reactive ketones (excluding diaryl/α,β-unsaturated/α-hetero) is 2. The summed E-state index contributed by atoms with van der Waals surface area (Å²) in [4.78, 5) is 40.5. The number of aryl methyl sites for hydroxylation is 1. The monoisotopic (exact) mass is 361 g/mol. The zero-order chi connectivity index (χ0) is 18.2. The Morgan fingerprint density at radius 2 is 2.00 bits per heavy atom. The maximum atomic E-state index is 12.7. The molecule has 0 bridgehead atoms. The van der Waals surface area contributed by atoms with E-state index in [0.717, 1.165) is 12.2 Å². The van der Waals surface area contributed by atoms with Crippen LogP contribution in [0.3, 0.4) is 0 Å². The number of nitro groups is 1. The molecule has 1 heterocycles. The van der Waals surface area contributed by atoms with Gasteiger partial charge in [-0.3, -0.25) is 24.7 Å². The Kier molecular flexibility index (Phi) is 4.52. The van der Waals surface area contributed by atoms with Gasteiger partial charge in [0.05, 0.1) is 16.8 Å². The van der Waals surface area contributed by atoms with Crippen LogP contribution in [0.5, 0.6) is 0 Å². The van der Waals surface area contributed by atoms with E-state index in [-0.39, 0.29) is 5.69 Å². The molecule has 0 saturated carbocycles. The predicted molar refractivity (Wildman–Crippen MR) is 73.9 cm³/mol. The van der Waals surface area contributed by atoms with Crippen molar-refractivity contribution in [3.8, 4) is 0 Å². The summed E-state index contributed by atoms with van der Waals surface area (Å²) in [5.41, 5.74) is -3.35. The first-order chi connectivity index (χ1) is 11.0. The third kappa shape index (κ3) is 3.18. The molecule has 1 aliphatic carbocycles. The van der Waals surface area contributed by atoms with E-state index in [1.807, 2.05) is 0 Å². The molecule has 1 atom stereocenters. The molecule has 0 spiro atoms.